The Balaban J connectivity index is 1.48. The van der Waals surface area contributed by atoms with Gasteiger partial charge in [-0.3, -0.25) is 9.69 Å². The Morgan fingerprint density at radius 1 is 0.944 bits per heavy atom. The fourth-order valence-corrected chi connectivity index (χ4v) is 7.09. The summed E-state index contributed by atoms with van der Waals surface area (Å²) in [6.45, 7) is 3.56. The summed E-state index contributed by atoms with van der Waals surface area (Å²) < 4.78 is 28.7. The van der Waals surface area contributed by atoms with E-state index in [0.29, 0.717) is 30.3 Å². The number of carbonyl (C=O) groups is 1. The molecule has 1 aliphatic rings. The molecular weight excluding hydrogens is 490 g/mol. The number of hydrogen-bond acceptors (Lipinski definition) is 5. The van der Waals surface area contributed by atoms with Crippen molar-refractivity contribution in [2.45, 2.75) is 44.0 Å². The number of hydrogen-bond donors (Lipinski definition) is 0. The number of fused-ring (bicyclic) bond motifs is 1. The summed E-state index contributed by atoms with van der Waals surface area (Å²) in [5.41, 5.74) is 3.49. The van der Waals surface area contributed by atoms with Gasteiger partial charge in [-0.15, -0.1) is 0 Å². The third-order valence-electron chi connectivity index (χ3n) is 6.59. The van der Waals surface area contributed by atoms with Crippen LogP contribution in [0.25, 0.3) is 10.2 Å². The second-order valence-corrected chi connectivity index (χ2v) is 11.9. The summed E-state index contributed by atoms with van der Waals surface area (Å²) in [4.78, 5) is 20.6. The first-order chi connectivity index (χ1) is 17.5. The SMILES string of the molecule is CCc1cccc2sc(N(Cc3ccccc3)C(=O)c3ccc(S(=O)(=O)N4CCCCC4)cc3)nc12. The van der Waals surface area contributed by atoms with E-state index in [1.165, 1.54) is 11.3 Å². The minimum absolute atomic E-state index is 0.210. The Bertz CT molecular complexity index is 1460. The Hall–Kier alpha value is -3.07. The number of carbonyl (C=O) groups excluding carboxylic acids is 1. The first-order valence-corrected chi connectivity index (χ1v) is 14.6. The van der Waals surface area contributed by atoms with Crippen molar-refractivity contribution in [2.75, 3.05) is 18.0 Å². The number of nitrogens with zero attached hydrogens (tertiary/aromatic N) is 3. The standard InChI is InChI=1S/C28H29N3O3S2/c1-2-22-12-9-13-25-26(22)29-28(35-25)31(20-21-10-5-3-6-11-21)27(32)23-14-16-24(17-15-23)36(33,34)30-18-7-4-8-19-30/h3,5-6,9-17H,2,4,7-8,18-20H2,1H3. The average molecular weight is 520 g/mol. The van der Waals surface area contributed by atoms with E-state index in [4.69, 9.17) is 4.98 Å². The van der Waals surface area contributed by atoms with Crippen LogP contribution < -0.4 is 4.90 Å². The molecule has 4 aromatic rings. The second kappa shape index (κ2) is 10.5. The highest BCUT2D eigenvalue weighted by Crippen LogP contribution is 2.33. The number of para-hydroxylation sites is 1. The molecular formula is C28H29N3O3S2. The molecule has 0 atom stereocenters. The van der Waals surface area contributed by atoms with Crippen molar-refractivity contribution in [1.29, 1.82) is 0 Å². The number of amides is 1. The van der Waals surface area contributed by atoms with Crippen molar-refractivity contribution in [3.8, 4) is 0 Å². The molecule has 0 spiro atoms. The van der Waals surface area contributed by atoms with E-state index in [1.807, 2.05) is 42.5 Å². The van der Waals surface area contributed by atoms with Crippen LogP contribution in [0.4, 0.5) is 5.13 Å². The second-order valence-electron chi connectivity index (χ2n) is 8.98. The number of aromatic nitrogens is 1. The minimum atomic E-state index is -3.55. The van der Waals surface area contributed by atoms with Crippen molar-refractivity contribution in [3.05, 3.63) is 89.5 Å². The van der Waals surface area contributed by atoms with Crippen molar-refractivity contribution in [3.63, 3.8) is 0 Å². The van der Waals surface area contributed by atoms with Gasteiger partial charge in [0.15, 0.2) is 5.13 Å². The predicted molar refractivity (Wildman–Crippen MR) is 145 cm³/mol. The average Bonchev–Trinajstić information content (AvgIpc) is 3.37. The molecule has 1 aliphatic heterocycles. The highest BCUT2D eigenvalue weighted by atomic mass is 32.2. The Morgan fingerprint density at radius 2 is 1.67 bits per heavy atom. The van der Waals surface area contributed by atoms with Crippen molar-refractivity contribution < 1.29 is 13.2 Å². The Labute approximate surface area is 216 Å². The smallest absolute Gasteiger partial charge is 0.260 e. The van der Waals surface area contributed by atoms with E-state index in [1.54, 1.807) is 33.5 Å². The molecule has 0 saturated carbocycles. The highest BCUT2D eigenvalue weighted by Gasteiger charge is 2.27. The summed E-state index contributed by atoms with van der Waals surface area (Å²) >= 11 is 1.49. The monoisotopic (exact) mass is 519 g/mol. The lowest BCUT2D eigenvalue weighted by molar-refractivity contribution is 0.0985. The molecule has 0 aliphatic carbocycles. The molecule has 2 heterocycles. The fraction of sp³-hybridized carbons (Fsp3) is 0.286. The van der Waals surface area contributed by atoms with Crippen molar-refractivity contribution >= 4 is 42.6 Å². The third kappa shape index (κ3) is 4.93. The maximum atomic E-state index is 13.8. The number of thiazole rings is 1. The molecule has 1 amide bonds. The van der Waals surface area contributed by atoms with Gasteiger partial charge in [0.1, 0.15) is 0 Å². The zero-order valence-electron chi connectivity index (χ0n) is 20.3. The van der Waals surface area contributed by atoms with Gasteiger partial charge >= 0.3 is 0 Å². The minimum Gasteiger partial charge on any atom is -0.279 e. The summed E-state index contributed by atoms with van der Waals surface area (Å²) in [7, 11) is -3.55. The van der Waals surface area contributed by atoms with Gasteiger partial charge in [-0.2, -0.15) is 4.31 Å². The number of anilines is 1. The van der Waals surface area contributed by atoms with E-state index in [2.05, 4.69) is 13.0 Å². The van der Waals surface area contributed by atoms with Crippen LogP contribution in [0.1, 0.15) is 47.7 Å². The molecule has 5 rings (SSSR count). The summed E-state index contributed by atoms with van der Waals surface area (Å²) in [5, 5.41) is 0.629. The van der Waals surface area contributed by atoms with Gasteiger partial charge < -0.3 is 0 Å². The first kappa shape index (κ1) is 24.6. The Morgan fingerprint density at radius 3 is 2.36 bits per heavy atom. The van der Waals surface area contributed by atoms with Crippen molar-refractivity contribution in [2.24, 2.45) is 0 Å². The summed E-state index contributed by atoms with van der Waals surface area (Å²) in [5.74, 6) is -0.210. The molecule has 186 valence electrons. The molecule has 0 unspecified atom stereocenters. The van der Waals surface area contributed by atoms with Crippen LogP contribution in [0.2, 0.25) is 0 Å². The molecule has 8 heteroatoms. The van der Waals surface area contributed by atoms with Gasteiger partial charge in [-0.05, 0) is 60.7 Å². The fourth-order valence-electron chi connectivity index (χ4n) is 4.57. The van der Waals surface area contributed by atoms with Crippen LogP contribution in [0.5, 0.6) is 0 Å². The van der Waals surface area contributed by atoms with Crippen LogP contribution in [-0.4, -0.2) is 36.7 Å². The quantitative estimate of drug-likeness (QED) is 0.306. The molecule has 0 bridgehead atoms. The number of sulfonamides is 1. The molecule has 1 fully saturated rings. The van der Waals surface area contributed by atoms with E-state index >= 15 is 0 Å². The number of benzene rings is 3. The molecule has 1 saturated heterocycles. The lowest BCUT2D eigenvalue weighted by Crippen LogP contribution is -2.35. The van der Waals surface area contributed by atoms with Gasteiger partial charge in [0.25, 0.3) is 5.91 Å². The number of piperidine rings is 1. The lowest BCUT2D eigenvalue weighted by Gasteiger charge is -2.26. The van der Waals surface area contributed by atoms with Gasteiger partial charge in [-0.25, -0.2) is 13.4 Å². The largest absolute Gasteiger partial charge is 0.279 e. The molecule has 3 aromatic carbocycles. The number of aryl methyl sites for hydroxylation is 1. The molecule has 36 heavy (non-hydrogen) atoms. The van der Waals surface area contributed by atoms with Crippen LogP contribution in [0.15, 0.2) is 77.7 Å². The number of rotatable bonds is 7. The normalized spacial score (nSPS) is 14.7. The lowest BCUT2D eigenvalue weighted by atomic mass is 10.1. The first-order valence-electron chi connectivity index (χ1n) is 12.3. The van der Waals surface area contributed by atoms with Crippen LogP contribution >= 0.6 is 11.3 Å². The zero-order chi connectivity index (χ0) is 25.1. The molecule has 0 radical (unpaired) electrons. The van der Waals surface area contributed by atoms with Crippen molar-refractivity contribution in [1.82, 2.24) is 9.29 Å². The molecule has 1 aromatic heterocycles. The van der Waals surface area contributed by atoms with Gasteiger partial charge in [0.05, 0.1) is 21.7 Å². The summed E-state index contributed by atoms with van der Waals surface area (Å²) in [6.07, 6.45) is 3.68. The van der Waals surface area contributed by atoms with Crippen LogP contribution in [-0.2, 0) is 23.0 Å². The maximum Gasteiger partial charge on any atom is 0.260 e. The van der Waals surface area contributed by atoms with Crippen LogP contribution in [0, 0.1) is 0 Å². The summed E-state index contributed by atoms with van der Waals surface area (Å²) in [6, 6.07) is 22.3. The zero-order valence-corrected chi connectivity index (χ0v) is 21.9. The maximum absolute atomic E-state index is 13.8. The highest BCUT2D eigenvalue weighted by molar-refractivity contribution is 7.89. The predicted octanol–water partition coefficient (Wildman–Crippen LogP) is 5.88. The van der Waals surface area contributed by atoms with E-state index in [-0.39, 0.29) is 10.8 Å². The van der Waals surface area contributed by atoms with Gasteiger partial charge in [0, 0.05) is 18.7 Å². The van der Waals surface area contributed by atoms with E-state index in [0.717, 1.165) is 47.0 Å². The van der Waals surface area contributed by atoms with Gasteiger partial charge in [0.2, 0.25) is 10.0 Å². The molecule has 0 N–H and O–H groups in total. The van der Waals surface area contributed by atoms with E-state index in [9.17, 15) is 13.2 Å². The van der Waals surface area contributed by atoms with Crippen LogP contribution in [0.3, 0.4) is 0 Å². The third-order valence-corrected chi connectivity index (χ3v) is 9.54. The molecule has 6 nitrogen and oxygen atoms in total. The topological polar surface area (TPSA) is 70.6 Å². The van der Waals surface area contributed by atoms with Gasteiger partial charge in [-0.1, -0.05) is 67.1 Å². The Kier molecular flexibility index (Phi) is 7.18. The van der Waals surface area contributed by atoms with E-state index < -0.39 is 10.0 Å².